The number of methoxy groups -OCH3 is 1. The molecule has 3 rings (SSSR count). The molecule has 2 nitrogen and oxygen atoms in total. The zero-order valence-electron chi connectivity index (χ0n) is 16.3. The van der Waals surface area contributed by atoms with Crippen LogP contribution in [-0.2, 0) is 4.74 Å². The summed E-state index contributed by atoms with van der Waals surface area (Å²) in [5.74, 6) is 5.81. The Balaban J connectivity index is 1.81. The number of carbonyl (C=O) groups excluding carboxylic acids is 1. The molecule has 3 aromatic rings. The molecular weight excluding hydrogens is 344 g/mol. The Labute approximate surface area is 166 Å². The molecule has 28 heavy (non-hydrogen) atoms. The number of aryl methyl sites for hydroxylation is 2. The van der Waals surface area contributed by atoms with Crippen molar-refractivity contribution in [2.24, 2.45) is 0 Å². The second-order valence-electron chi connectivity index (χ2n) is 6.63. The Morgan fingerprint density at radius 1 is 0.893 bits per heavy atom. The van der Waals surface area contributed by atoms with Crippen molar-refractivity contribution in [1.29, 1.82) is 0 Å². The summed E-state index contributed by atoms with van der Waals surface area (Å²) in [5, 5.41) is 0. The normalized spacial score (nSPS) is 10.4. The average molecular weight is 366 g/mol. The van der Waals surface area contributed by atoms with Gasteiger partial charge in [-0.3, -0.25) is 0 Å². The van der Waals surface area contributed by atoms with Crippen LogP contribution in [0.2, 0.25) is 0 Å². The molecular formula is C26H22O2. The zero-order valence-corrected chi connectivity index (χ0v) is 16.3. The van der Waals surface area contributed by atoms with Crippen molar-refractivity contribution in [3.8, 4) is 23.0 Å². The Morgan fingerprint density at radius 3 is 2.25 bits per heavy atom. The SMILES string of the molecule is COC(=O)c1ccc(C#CC=Cc2ccc(C)cc2-c2ccc(C)cc2)cc1. The molecule has 0 aliphatic carbocycles. The summed E-state index contributed by atoms with van der Waals surface area (Å²) in [5.41, 5.74) is 7.36. The summed E-state index contributed by atoms with van der Waals surface area (Å²) >= 11 is 0. The van der Waals surface area contributed by atoms with Gasteiger partial charge in [0.25, 0.3) is 0 Å². The molecule has 0 atom stereocenters. The van der Waals surface area contributed by atoms with E-state index in [1.165, 1.54) is 29.4 Å². The number of hydrogen-bond acceptors (Lipinski definition) is 2. The van der Waals surface area contributed by atoms with Crippen LogP contribution in [0.3, 0.4) is 0 Å². The number of hydrogen-bond donors (Lipinski definition) is 0. The van der Waals surface area contributed by atoms with E-state index in [0.717, 1.165) is 11.1 Å². The summed E-state index contributed by atoms with van der Waals surface area (Å²) in [6.07, 6.45) is 3.89. The first-order valence-electron chi connectivity index (χ1n) is 9.11. The van der Waals surface area contributed by atoms with Gasteiger partial charge in [0.15, 0.2) is 0 Å². The molecule has 0 aliphatic rings. The van der Waals surface area contributed by atoms with Crippen molar-refractivity contribution in [1.82, 2.24) is 0 Å². The molecule has 3 aromatic carbocycles. The highest BCUT2D eigenvalue weighted by molar-refractivity contribution is 5.89. The van der Waals surface area contributed by atoms with E-state index in [1.807, 2.05) is 24.3 Å². The number of carbonyl (C=O) groups is 1. The molecule has 0 radical (unpaired) electrons. The second-order valence-corrected chi connectivity index (χ2v) is 6.63. The van der Waals surface area contributed by atoms with Crippen LogP contribution in [0.5, 0.6) is 0 Å². The van der Waals surface area contributed by atoms with Crippen LogP contribution < -0.4 is 0 Å². The summed E-state index contributed by atoms with van der Waals surface area (Å²) in [4.78, 5) is 11.5. The maximum atomic E-state index is 11.5. The first-order chi connectivity index (χ1) is 13.6. The van der Waals surface area contributed by atoms with Crippen LogP contribution in [0.15, 0.2) is 72.8 Å². The predicted octanol–water partition coefficient (Wildman–Crippen LogP) is 5.82. The Bertz CT molecular complexity index is 1060. The molecule has 0 aliphatic heterocycles. The van der Waals surface area contributed by atoms with Gasteiger partial charge in [0.2, 0.25) is 0 Å². The zero-order chi connectivity index (χ0) is 19.9. The van der Waals surface area contributed by atoms with Crippen LogP contribution in [0.1, 0.15) is 32.6 Å². The minimum atomic E-state index is -0.345. The number of rotatable bonds is 3. The van der Waals surface area contributed by atoms with Gasteiger partial charge < -0.3 is 4.74 Å². The third kappa shape index (κ3) is 4.78. The van der Waals surface area contributed by atoms with Gasteiger partial charge in [0.05, 0.1) is 12.7 Å². The number of allylic oxidation sites excluding steroid dienone is 1. The summed E-state index contributed by atoms with van der Waals surface area (Å²) < 4.78 is 4.70. The Hall–Kier alpha value is -3.57. The smallest absolute Gasteiger partial charge is 0.337 e. The van der Waals surface area contributed by atoms with Crippen LogP contribution in [0, 0.1) is 25.7 Å². The molecule has 0 saturated heterocycles. The molecule has 0 spiro atoms. The van der Waals surface area contributed by atoms with Crippen LogP contribution in [0.4, 0.5) is 0 Å². The van der Waals surface area contributed by atoms with Gasteiger partial charge in [-0.05, 0) is 67.0 Å². The van der Waals surface area contributed by atoms with Gasteiger partial charge in [0, 0.05) is 5.56 Å². The molecule has 2 heteroatoms. The van der Waals surface area contributed by atoms with Gasteiger partial charge in [-0.2, -0.15) is 0 Å². The summed E-state index contributed by atoms with van der Waals surface area (Å²) in [6.45, 7) is 4.19. The molecule has 0 N–H and O–H groups in total. The number of benzene rings is 3. The van der Waals surface area contributed by atoms with Gasteiger partial charge in [-0.1, -0.05) is 65.4 Å². The lowest BCUT2D eigenvalue weighted by molar-refractivity contribution is 0.0600. The highest BCUT2D eigenvalue weighted by Gasteiger charge is 2.04. The third-order valence-corrected chi connectivity index (χ3v) is 4.44. The topological polar surface area (TPSA) is 26.3 Å². The molecule has 0 aromatic heterocycles. The molecule has 0 fully saturated rings. The van der Waals surface area contributed by atoms with Crippen LogP contribution in [0.25, 0.3) is 17.2 Å². The van der Waals surface area contributed by atoms with Crippen LogP contribution in [-0.4, -0.2) is 13.1 Å². The highest BCUT2D eigenvalue weighted by Crippen LogP contribution is 2.26. The van der Waals surface area contributed by atoms with Crippen molar-refractivity contribution in [2.75, 3.05) is 7.11 Å². The predicted molar refractivity (Wildman–Crippen MR) is 115 cm³/mol. The lowest BCUT2D eigenvalue weighted by Crippen LogP contribution is -2.00. The highest BCUT2D eigenvalue weighted by atomic mass is 16.5. The lowest BCUT2D eigenvalue weighted by Gasteiger charge is -2.08. The van der Waals surface area contributed by atoms with Gasteiger partial charge in [-0.25, -0.2) is 4.79 Å². The van der Waals surface area contributed by atoms with Gasteiger partial charge >= 0.3 is 5.97 Å². The molecule has 0 amide bonds. The summed E-state index contributed by atoms with van der Waals surface area (Å²) in [7, 11) is 1.37. The minimum absolute atomic E-state index is 0.345. The van der Waals surface area contributed by atoms with E-state index >= 15 is 0 Å². The van der Waals surface area contributed by atoms with E-state index in [2.05, 4.69) is 68.2 Å². The fourth-order valence-electron chi connectivity index (χ4n) is 2.86. The average Bonchev–Trinajstić information content (AvgIpc) is 2.72. The molecule has 0 heterocycles. The molecule has 0 bridgehead atoms. The van der Waals surface area contributed by atoms with Crippen molar-refractivity contribution in [3.05, 3.63) is 101 Å². The lowest BCUT2D eigenvalue weighted by atomic mass is 9.96. The van der Waals surface area contributed by atoms with E-state index in [4.69, 9.17) is 4.74 Å². The van der Waals surface area contributed by atoms with E-state index in [-0.39, 0.29) is 5.97 Å². The summed E-state index contributed by atoms with van der Waals surface area (Å²) in [6, 6.07) is 22.0. The van der Waals surface area contributed by atoms with Crippen molar-refractivity contribution < 1.29 is 9.53 Å². The quantitative estimate of drug-likeness (QED) is 0.431. The first kappa shape index (κ1) is 19.2. The van der Waals surface area contributed by atoms with Crippen LogP contribution >= 0.6 is 0 Å². The van der Waals surface area contributed by atoms with Crippen molar-refractivity contribution >= 4 is 12.0 Å². The standard InChI is InChI=1S/C26H22O2/c1-19-8-13-23(14-9-19)25-18-20(2)10-15-22(25)7-5-4-6-21-11-16-24(17-12-21)26(27)28-3/h5,7-18H,1-3H3. The maximum absolute atomic E-state index is 11.5. The number of esters is 1. The number of ether oxygens (including phenoxy) is 1. The molecule has 138 valence electrons. The first-order valence-corrected chi connectivity index (χ1v) is 9.11. The fraction of sp³-hybridized carbons (Fsp3) is 0.115. The monoisotopic (exact) mass is 366 g/mol. The third-order valence-electron chi connectivity index (χ3n) is 4.44. The van der Waals surface area contributed by atoms with E-state index in [0.29, 0.717) is 5.56 Å². The molecule has 0 unspecified atom stereocenters. The Morgan fingerprint density at radius 2 is 1.57 bits per heavy atom. The Kier molecular flexibility index (Phi) is 6.09. The largest absolute Gasteiger partial charge is 0.465 e. The van der Waals surface area contributed by atoms with Gasteiger partial charge in [0.1, 0.15) is 0 Å². The van der Waals surface area contributed by atoms with E-state index < -0.39 is 0 Å². The molecule has 0 saturated carbocycles. The fourth-order valence-corrected chi connectivity index (χ4v) is 2.86. The minimum Gasteiger partial charge on any atom is -0.465 e. The second kappa shape index (κ2) is 8.88. The van der Waals surface area contributed by atoms with E-state index in [9.17, 15) is 4.79 Å². The van der Waals surface area contributed by atoms with E-state index in [1.54, 1.807) is 12.1 Å². The van der Waals surface area contributed by atoms with Crippen molar-refractivity contribution in [3.63, 3.8) is 0 Å². The maximum Gasteiger partial charge on any atom is 0.337 e. The van der Waals surface area contributed by atoms with Gasteiger partial charge in [-0.15, -0.1) is 0 Å². The van der Waals surface area contributed by atoms with Crippen molar-refractivity contribution in [2.45, 2.75) is 13.8 Å².